The van der Waals surface area contributed by atoms with Crippen molar-refractivity contribution in [2.45, 2.75) is 50.8 Å². The van der Waals surface area contributed by atoms with Gasteiger partial charge in [-0.2, -0.15) is 0 Å². The second-order valence-corrected chi connectivity index (χ2v) is 10.0. The van der Waals surface area contributed by atoms with Crippen LogP contribution in [0, 0.1) is 0 Å². The number of guanidine groups is 1. The molecule has 0 bridgehead atoms. The van der Waals surface area contributed by atoms with Gasteiger partial charge in [0, 0.05) is 47.2 Å². The van der Waals surface area contributed by atoms with Crippen LogP contribution in [0.25, 0.3) is 0 Å². The zero-order chi connectivity index (χ0) is 16.6. The highest BCUT2D eigenvalue weighted by atomic mass is 127. The number of hydrogen-bond acceptors (Lipinski definition) is 4. The molecule has 0 heterocycles. The van der Waals surface area contributed by atoms with Gasteiger partial charge in [-0.15, -0.1) is 24.0 Å². The van der Waals surface area contributed by atoms with Gasteiger partial charge >= 0.3 is 0 Å². The number of aliphatic imine (C=N–C) groups is 1. The van der Waals surface area contributed by atoms with Crippen molar-refractivity contribution in [1.29, 1.82) is 0 Å². The second kappa shape index (κ2) is 11.6. The van der Waals surface area contributed by atoms with Crippen molar-refractivity contribution >= 4 is 50.6 Å². The predicted molar refractivity (Wildman–Crippen MR) is 109 cm³/mol. The molecular formula is C14H30IN3O3S2. The van der Waals surface area contributed by atoms with Crippen LogP contribution in [0.1, 0.15) is 39.5 Å². The minimum absolute atomic E-state index is 0. The lowest BCUT2D eigenvalue weighted by Crippen LogP contribution is -2.47. The maximum atomic E-state index is 12.0. The summed E-state index contributed by atoms with van der Waals surface area (Å²) < 4.78 is 34.9. The molecule has 138 valence electrons. The molecule has 0 aliphatic heterocycles. The lowest BCUT2D eigenvalue weighted by atomic mass is 9.95. The van der Waals surface area contributed by atoms with Gasteiger partial charge in [-0.3, -0.25) is 9.20 Å². The molecule has 3 unspecified atom stereocenters. The van der Waals surface area contributed by atoms with Gasteiger partial charge in [0.1, 0.15) is 0 Å². The number of nitrogens with zero attached hydrogens (tertiary/aromatic N) is 1. The van der Waals surface area contributed by atoms with E-state index in [4.69, 9.17) is 0 Å². The highest BCUT2D eigenvalue weighted by molar-refractivity contribution is 14.0. The van der Waals surface area contributed by atoms with E-state index >= 15 is 0 Å². The summed E-state index contributed by atoms with van der Waals surface area (Å²) in [6.07, 6.45) is 4.01. The van der Waals surface area contributed by atoms with Crippen molar-refractivity contribution in [3.05, 3.63) is 0 Å². The van der Waals surface area contributed by atoms with Crippen LogP contribution in [0.15, 0.2) is 4.99 Å². The SMILES string of the molecule is CCS(=O)C1CCCC(NC(=NC)NCCS(=O)(=O)CC)C1.I. The Bertz CT molecular complexity index is 497. The monoisotopic (exact) mass is 479 g/mol. The quantitative estimate of drug-likeness (QED) is 0.327. The highest BCUT2D eigenvalue weighted by Gasteiger charge is 2.26. The summed E-state index contributed by atoms with van der Waals surface area (Å²) in [6.45, 7) is 3.97. The van der Waals surface area contributed by atoms with Crippen LogP contribution in [0.4, 0.5) is 0 Å². The highest BCUT2D eigenvalue weighted by Crippen LogP contribution is 2.22. The molecule has 1 rings (SSSR count). The second-order valence-electron chi connectivity index (χ2n) is 5.53. The Morgan fingerprint density at radius 2 is 2.00 bits per heavy atom. The van der Waals surface area contributed by atoms with E-state index < -0.39 is 20.6 Å². The molecule has 6 nitrogen and oxygen atoms in total. The average molecular weight is 479 g/mol. The number of halogens is 1. The molecule has 0 saturated heterocycles. The van der Waals surface area contributed by atoms with E-state index in [1.165, 1.54) is 0 Å². The molecule has 1 fully saturated rings. The molecule has 9 heteroatoms. The average Bonchev–Trinajstić information content (AvgIpc) is 2.53. The zero-order valence-electron chi connectivity index (χ0n) is 14.2. The largest absolute Gasteiger partial charge is 0.355 e. The molecule has 23 heavy (non-hydrogen) atoms. The minimum atomic E-state index is -2.97. The van der Waals surface area contributed by atoms with Gasteiger partial charge in [0.05, 0.1) is 5.75 Å². The summed E-state index contributed by atoms with van der Waals surface area (Å²) >= 11 is 0. The topological polar surface area (TPSA) is 87.6 Å². The summed E-state index contributed by atoms with van der Waals surface area (Å²) in [4.78, 5) is 4.14. The van der Waals surface area contributed by atoms with Crippen molar-refractivity contribution in [3.63, 3.8) is 0 Å². The lowest BCUT2D eigenvalue weighted by molar-refractivity contribution is 0.414. The number of rotatable bonds is 7. The maximum absolute atomic E-state index is 12.0. The lowest BCUT2D eigenvalue weighted by Gasteiger charge is -2.30. The number of hydrogen-bond donors (Lipinski definition) is 2. The molecule has 0 radical (unpaired) electrons. The van der Waals surface area contributed by atoms with Gasteiger partial charge in [-0.05, 0) is 19.3 Å². The predicted octanol–water partition coefficient (Wildman–Crippen LogP) is 1.28. The molecule has 1 aliphatic rings. The van der Waals surface area contributed by atoms with Gasteiger partial charge in [-0.25, -0.2) is 8.42 Å². The standard InChI is InChI=1S/C14H29N3O3S2.HI/c1-4-21(18)13-8-6-7-12(11-13)17-14(15-3)16-9-10-22(19,20)5-2;/h12-13H,4-11H2,1-3H3,(H2,15,16,17);1H. The Balaban J connectivity index is 0.00000484. The van der Waals surface area contributed by atoms with Crippen molar-refractivity contribution in [2.24, 2.45) is 4.99 Å². The van der Waals surface area contributed by atoms with Crippen LogP contribution in [-0.4, -0.2) is 60.7 Å². The van der Waals surface area contributed by atoms with E-state index in [9.17, 15) is 12.6 Å². The fourth-order valence-electron chi connectivity index (χ4n) is 2.61. The Morgan fingerprint density at radius 3 is 2.57 bits per heavy atom. The third kappa shape index (κ3) is 8.67. The summed E-state index contributed by atoms with van der Waals surface area (Å²) in [5.74, 6) is 1.60. The molecular weight excluding hydrogens is 449 g/mol. The Hall–Kier alpha value is 0.1000. The normalized spacial score (nSPS) is 23.7. The smallest absolute Gasteiger partial charge is 0.191 e. The van der Waals surface area contributed by atoms with E-state index in [0.717, 1.165) is 25.7 Å². The van der Waals surface area contributed by atoms with E-state index in [0.29, 0.717) is 18.3 Å². The molecule has 0 aromatic heterocycles. The van der Waals surface area contributed by atoms with Crippen LogP contribution >= 0.6 is 24.0 Å². The molecule has 3 atom stereocenters. The van der Waals surface area contributed by atoms with Gasteiger partial charge < -0.3 is 10.6 Å². The maximum Gasteiger partial charge on any atom is 0.191 e. The van der Waals surface area contributed by atoms with E-state index in [2.05, 4.69) is 15.6 Å². The number of nitrogens with one attached hydrogen (secondary N) is 2. The first-order chi connectivity index (χ1) is 10.4. The van der Waals surface area contributed by atoms with Gasteiger partial charge in [-0.1, -0.05) is 20.3 Å². The molecule has 0 spiro atoms. The molecule has 0 aromatic carbocycles. The van der Waals surface area contributed by atoms with Crippen molar-refractivity contribution < 1.29 is 12.6 Å². The summed E-state index contributed by atoms with van der Waals surface area (Å²) in [5, 5.41) is 6.64. The van der Waals surface area contributed by atoms with Gasteiger partial charge in [0.15, 0.2) is 15.8 Å². The fraction of sp³-hybridized carbons (Fsp3) is 0.929. The molecule has 1 saturated carbocycles. The first-order valence-corrected chi connectivity index (χ1v) is 11.2. The Labute approximate surface area is 160 Å². The van der Waals surface area contributed by atoms with Gasteiger partial charge in [0.25, 0.3) is 0 Å². The van der Waals surface area contributed by atoms with Crippen LogP contribution in [0.5, 0.6) is 0 Å². The first-order valence-electron chi connectivity index (χ1n) is 7.96. The van der Waals surface area contributed by atoms with Crippen molar-refractivity contribution in [3.8, 4) is 0 Å². The molecule has 0 aromatic rings. The fourth-order valence-corrected chi connectivity index (χ4v) is 4.66. The first kappa shape index (κ1) is 23.1. The van der Waals surface area contributed by atoms with E-state index in [-0.39, 0.29) is 46.8 Å². The van der Waals surface area contributed by atoms with Crippen LogP contribution in [-0.2, 0) is 20.6 Å². The summed E-state index contributed by atoms with van der Waals surface area (Å²) in [5.41, 5.74) is 0. The summed E-state index contributed by atoms with van der Waals surface area (Å²) in [6, 6.07) is 0.253. The van der Waals surface area contributed by atoms with Crippen LogP contribution in [0.2, 0.25) is 0 Å². The van der Waals surface area contributed by atoms with Crippen LogP contribution in [0.3, 0.4) is 0 Å². The van der Waals surface area contributed by atoms with Crippen molar-refractivity contribution in [1.82, 2.24) is 10.6 Å². The molecule has 2 N–H and O–H groups in total. The van der Waals surface area contributed by atoms with E-state index in [1.807, 2.05) is 6.92 Å². The Morgan fingerprint density at radius 1 is 1.30 bits per heavy atom. The van der Waals surface area contributed by atoms with Crippen molar-refractivity contribution in [2.75, 3.05) is 30.9 Å². The third-order valence-electron chi connectivity index (χ3n) is 3.99. The zero-order valence-corrected chi connectivity index (χ0v) is 18.2. The third-order valence-corrected chi connectivity index (χ3v) is 7.44. The van der Waals surface area contributed by atoms with Gasteiger partial charge in [0.2, 0.25) is 0 Å². The minimum Gasteiger partial charge on any atom is -0.355 e. The Kier molecular flexibility index (Phi) is 11.7. The summed E-state index contributed by atoms with van der Waals surface area (Å²) in [7, 11) is -2.04. The van der Waals surface area contributed by atoms with Crippen LogP contribution < -0.4 is 10.6 Å². The van der Waals surface area contributed by atoms with E-state index in [1.54, 1.807) is 14.0 Å². The molecule has 0 amide bonds. The number of sulfone groups is 1. The molecule has 1 aliphatic carbocycles.